The van der Waals surface area contributed by atoms with Gasteiger partial charge in [0.25, 0.3) is 0 Å². The van der Waals surface area contributed by atoms with Crippen LogP contribution in [0.1, 0.15) is 87.5 Å². The zero-order valence-electron chi connectivity index (χ0n) is 39.7. The molecule has 0 saturated carbocycles. The number of aldehydes is 1. The average Bonchev–Trinajstić information content (AvgIpc) is 3.23. The van der Waals surface area contributed by atoms with Gasteiger partial charge in [0.1, 0.15) is 49.0 Å². The molecule has 0 aromatic rings. The van der Waals surface area contributed by atoms with Crippen LogP contribution in [0.25, 0.3) is 0 Å². The van der Waals surface area contributed by atoms with Gasteiger partial charge >= 0.3 is 5.97 Å². The van der Waals surface area contributed by atoms with E-state index in [1.807, 2.05) is 19.9 Å². The van der Waals surface area contributed by atoms with Crippen LogP contribution in [0, 0.1) is 23.7 Å². The Kier molecular flexibility index (Phi) is 20.5. The molecular formula is C46H77NO17. The van der Waals surface area contributed by atoms with Crippen LogP contribution in [-0.4, -0.2) is 187 Å². The molecule has 21 atom stereocenters. The molecule has 0 amide bonds. The molecule has 368 valence electrons. The van der Waals surface area contributed by atoms with Gasteiger partial charge in [0.2, 0.25) is 0 Å². The van der Waals surface area contributed by atoms with E-state index in [9.17, 15) is 39.9 Å². The number of ether oxygens (including phenoxy) is 9. The average molecular weight is 916 g/mol. The summed E-state index contributed by atoms with van der Waals surface area (Å²) in [5.41, 5.74) is -0.806. The highest BCUT2D eigenvalue weighted by molar-refractivity contribution is 5.91. The Bertz CT molecular complexity index is 1560. The van der Waals surface area contributed by atoms with Crippen molar-refractivity contribution in [1.29, 1.82) is 0 Å². The van der Waals surface area contributed by atoms with Gasteiger partial charge in [-0.3, -0.25) is 9.59 Å². The van der Waals surface area contributed by atoms with Crippen LogP contribution in [0.2, 0.25) is 0 Å². The van der Waals surface area contributed by atoms with Crippen molar-refractivity contribution in [3.63, 3.8) is 0 Å². The Hall–Kier alpha value is -2.27. The number of methoxy groups -OCH3 is 2. The quantitative estimate of drug-likeness (QED) is 0.131. The van der Waals surface area contributed by atoms with E-state index in [1.165, 1.54) is 27.2 Å². The second-order valence-electron chi connectivity index (χ2n) is 18.7. The van der Waals surface area contributed by atoms with Gasteiger partial charge in [-0.15, -0.1) is 0 Å². The Morgan fingerprint density at radius 3 is 2.11 bits per heavy atom. The lowest BCUT2D eigenvalue weighted by atomic mass is 9.79. The van der Waals surface area contributed by atoms with E-state index in [0.29, 0.717) is 12.0 Å². The van der Waals surface area contributed by atoms with Crippen molar-refractivity contribution in [1.82, 2.24) is 4.90 Å². The van der Waals surface area contributed by atoms with Crippen LogP contribution in [-0.2, 0) is 57.0 Å². The number of rotatable bonds is 13. The molecule has 0 aromatic carbocycles. The SMILES string of the molecule is CC[C@H]1OC(=O)C[C@@H](O)[C@H](C)[C@@H](O[C@@H]2O[C@H](C)[C@@H](O[C@H]3C[C@](C)(O)[C@@H](O)[C@H](C)O3)[C@H](N(C)C)[C@H]2O)[C@H](CC=O)C[C@@H](C)C(=O)/C=C/C(C)=C/[C@@H]1CO[C@@H]1O[C@H](C)[C@@H](O)[C@H](OC)[C@@H]1OC. The number of esters is 1. The summed E-state index contributed by atoms with van der Waals surface area (Å²) >= 11 is 0. The fourth-order valence-corrected chi connectivity index (χ4v) is 9.51. The maximum Gasteiger partial charge on any atom is 0.308 e. The van der Waals surface area contributed by atoms with E-state index in [1.54, 1.807) is 59.7 Å². The van der Waals surface area contributed by atoms with E-state index in [2.05, 4.69) is 0 Å². The van der Waals surface area contributed by atoms with Crippen molar-refractivity contribution >= 4 is 18.0 Å². The zero-order valence-corrected chi connectivity index (χ0v) is 39.7. The maximum absolute atomic E-state index is 13.8. The third kappa shape index (κ3) is 13.5. The summed E-state index contributed by atoms with van der Waals surface area (Å²) in [6.07, 6.45) is -8.49. The predicted molar refractivity (Wildman–Crippen MR) is 230 cm³/mol. The van der Waals surface area contributed by atoms with Gasteiger partial charge in [-0.2, -0.15) is 0 Å². The number of carbonyl (C=O) groups excluding carboxylic acids is 3. The molecule has 3 saturated heterocycles. The fourth-order valence-electron chi connectivity index (χ4n) is 9.51. The van der Waals surface area contributed by atoms with Gasteiger partial charge in [-0.25, -0.2) is 0 Å². The van der Waals surface area contributed by atoms with Crippen molar-refractivity contribution < 1.29 is 82.5 Å². The molecule has 18 nitrogen and oxygen atoms in total. The molecule has 0 bridgehead atoms. The highest BCUT2D eigenvalue weighted by Crippen LogP contribution is 2.37. The van der Waals surface area contributed by atoms with E-state index in [4.69, 9.17) is 42.6 Å². The number of carbonyl (C=O) groups is 3. The van der Waals surface area contributed by atoms with E-state index < -0.39 is 140 Å². The lowest BCUT2D eigenvalue weighted by Gasteiger charge is -2.50. The van der Waals surface area contributed by atoms with Crippen molar-refractivity contribution in [3.05, 3.63) is 23.8 Å². The minimum atomic E-state index is -1.49. The number of cyclic esters (lactones) is 1. The Balaban J connectivity index is 1.62. The highest BCUT2D eigenvalue weighted by atomic mass is 16.7. The van der Waals surface area contributed by atoms with E-state index in [-0.39, 0.29) is 31.7 Å². The molecule has 64 heavy (non-hydrogen) atoms. The molecule has 0 aromatic heterocycles. The number of allylic oxidation sites excluding steroid dienone is 3. The minimum Gasteiger partial charge on any atom is -0.462 e. The topological polar surface area (TPSA) is 239 Å². The molecular weight excluding hydrogens is 838 g/mol. The molecule has 3 fully saturated rings. The number of likely N-dealkylation sites (N-methyl/N-ethyl adjacent to an activating group) is 1. The van der Waals surface area contributed by atoms with Crippen LogP contribution in [0.4, 0.5) is 0 Å². The highest BCUT2D eigenvalue weighted by Gasteiger charge is 2.52. The van der Waals surface area contributed by atoms with Gasteiger partial charge in [0.05, 0.1) is 55.2 Å². The molecule has 4 aliphatic heterocycles. The third-order valence-corrected chi connectivity index (χ3v) is 13.4. The normalized spacial score (nSPS) is 45.9. The van der Waals surface area contributed by atoms with Crippen molar-refractivity contribution in [3.8, 4) is 0 Å². The van der Waals surface area contributed by atoms with E-state index >= 15 is 0 Å². The number of aliphatic hydroxyl groups excluding tert-OH is 4. The lowest BCUT2D eigenvalue weighted by molar-refractivity contribution is -0.341. The first-order valence-corrected chi connectivity index (χ1v) is 22.7. The number of aliphatic hydroxyl groups is 5. The van der Waals surface area contributed by atoms with Crippen LogP contribution in [0.3, 0.4) is 0 Å². The molecule has 0 unspecified atom stereocenters. The predicted octanol–water partition coefficient (Wildman–Crippen LogP) is 1.83. The smallest absolute Gasteiger partial charge is 0.308 e. The summed E-state index contributed by atoms with van der Waals surface area (Å²) in [7, 11) is 6.43. The van der Waals surface area contributed by atoms with Gasteiger partial charge in [0, 0.05) is 44.8 Å². The van der Waals surface area contributed by atoms with Crippen LogP contribution >= 0.6 is 0 Å². The fraction of sp³-hybridized carbons (Fsp3) is 0.848. The van der Waals surface area contributed by atoms with E-state index in [0.717, 1.165) is 6.29 Å². The van der Waals surface area contributed by atoms with Gasteiger partial charge in [0.15, 0.2) is 24.7 Å². The van der Waals surface area contributed by atoms with Crippen molar-refractivity contribution in [2.45, 2.75) is 191 Å². The zero-order chi connectivity index (χ0) is 47.8. The summed E-state index contributed by atoms with van der Waals surface area (Å²) in [6, 6.07) is -0.748. The van der Waals surface area contributed by atoms with Crippen molar-refractivity contribution in [2.24, 2.45) is 23.7 Å². The monoisotopic (exact) mass is 916 g/mol. The number of ketones is 1. The summed E-state index contributed by atoms with van der Waals surface area (Å²) in [5, 5.41) is 55.8. The molecule has 5 N–H and O–H groups in total. The third-order valence-electron chi connectivity index (χ3n) is 13.4. The first kappa shape index (κ1) is 54.3. The summed E-state index contributed by atoms with van der Waals surface area (Å²) < 4.78 is 54.7. The molecule has 0 radical (unpaired) electrons. The molecule has 0 spiro atoms. The Morgan fingerprint density at radius 2 is 1.52 bits per heavy atom. The first-order valence-electron chi connectivity index (χ1n) is 22.7. The molecule has 18 heteroatoms. The number of hydrogen-bond acceptors (Lipinski definition) is 18. The van der Waals surface area contributed by atoms with Gasteiger partial charge in [-0.05, 0) is 73.5 Å². The molecule has 4 heterocycles. The van der Waals surface area contributed by atoms with Crippen LogP contribution in [0.15, 0.2) is 23.8 Å². The number of hydrogen-bond donors (Lipinski definition) is 5. The van der Waals surface area contributed by atoms with Crippen LogP contribution < -0.4 is 0 Å². The largest absolute Gasteiger partial charge is 0.462 e. The summed E-state index contributed by atoms with van der Waals surface area (Å²) in [6.45, 7) is 13.6. The molecule has 4 aliphatic rings. The number of nitrogens with zero attached hydrogens (tertiary/aromatic N) is 1. The first-order chi connectivity index (χ1) is 30.1. The van der Waals surface area contributed by atoms with Crippen LogP contribution in [0.5, 0.6) is 0 Å². The standard InChI is InChI=1S/C46H77NO17/c1-13-33-30(22-58-45-42(57-12)41(56-11)37(52)26(5)60-45)18-23(2)14-15-31(49)24(3)19-29(16-17-48)39(25(4)32(50)20-34(51)62-33)64-44-38(53)36(47(9)10)40(27(6)61-44)63-35-21-46(8,55)43(54)28(7)59-35/h14-15,17-18,24-30,32-33,35-45,50,52-55H,13,16,19-22H2,1-12H3/b15-14+,23-18+/t24-,25+,26-,27-,28+,29-,30-,32-,33-,35+,36-,37-,38-,39-,40-,41+,42+,43+,44+,45-,46+/m1/s1. The minimum absolute atomic E-state index is 0.00788. The van der Waals surface area contributed by atoms with Gasteiger partial charge in [-0.1, -0.05) is 38.5 Å². The Labute approximate surface area is 378 Å². The Morgan fingerprint density at radius 1 is 0.859 bits per heavy atom. The lowest BCUT2D eigenvalue weighted by Crippen LogP contribution is -2.65. The summed E-state index contributed by atoms with van der Waals surface area (Å²) in [4.78, 5) is 41.5. The second kappa shape index (κ2) is 24.1. The maximum atomic E-state index is 13.8. The van der Waals surface area contributed by atoms with Crippen molar-refractivity contribution in [2.75, 3.05) is 34.9 Å². The van der Waals surface area contributed by atoms with Gasteiger partial charge < -0.3 is 77.9 Å². The summed E-state index contributed by atoms with van der Waals surface area (Å²) in [5.74, 6) is -3.59. The molecule has 4 rings (SSSR count). The second-order valence-corrected chi connectivity index (χ2v) is 18.7. The molecule has 0 aliphatic carbocycles.